The Morgan fingerprint density at radius 1 is 1.64 bits per heavy atom. The molecule has 0 aliphatic carbocycles. The lowest BCUT2D eigenvalue weighted by Crippen LogP contribution is -2.26. The quantitative estimate of drug-likeness (QED) is 0.719. The van der Waals surface area contributed by atoms with Crippen molar-refractivity contribution in [3.8, 4) is 0 Å². The summed E-state index contributed by atoms with van der Waals surface area (Å²) in [5.74, 6) is 0.165. The van der Waals surface area contributed by atoms with E-state index in [1.165, 1.54) is 0 Å². The van der Waals surface area contributed by atoms with Crippen LogP contribution in [0.25, 0.3) is 0 Å². The van der Waals surface area contributed by atoms with Crippen molar-refractivity contribution in [2.45, 2.75) is 13.8 Å². The van der Waals surface area contributed by atoms with Gasteiger partial charge in [0.25, 0.3) is 0 Å². The second-order valence-electron chi connectivity index (χ2n) is 3.31. The van der Waals surface area contributed by atoms with Gasteiger partial charge in [-0.25, -0.2) is 0 Å². The van der Waals surface area contributed by atoms with Gasteiger partial charge in [0.05, 0.1) is 0 Å². The van der Waals surface area contributed by atoms with Gasteiger partial charge in [-0.15, -0.1) is 0 Å². The van der Waals surface area contributed by atoms with Gasteiger partial charge in [0, 0.05) is 30.4 Å². The minimum Gasteiger partial charge on any atom is -0.316 e. The topological polar surface area (TPSA) is 42.0 Å². The first-order valence-electron chi connectivity index (χ1n) is 4.90. The second kappa shape index (κ2) is 5.50. The Kier molecular flexibility index (Phi) is 4.26. The molecule has 0 fully saturated rings. The van der Waals surface area contributed by atoms with Crippen LogP contribution in [0.2, 0.25) is 0 Å². The van der Waals surface area contributed by atoms with Crippen LogP contribution in [-0.4, -0.2) is 23.9 Å². The number of hydrogen-bond donors (Lipinski definition) is 1. The summed E-state index contributed by atoms with van der Waals surface area (Å²) in [4.78, 5) is 15.7. The minimum atomic E-state index is 0.0131. The van der Waals surface area contributed by atoms with E-state index in [0.717, 1.165) is 13.1 Å². The largest absolute Gasteiger partial charge is 0.316 e. The average Bonchev–Trinajstić information content (AvgIpc) is 2.26. The Bertz CT molecular complexity index is 285. The molecular weight excluding hydrogens is 176 g/mol. The van der Waals surface area contributed by atoms with Crippen LogP contribution in [-0.2, 0) is 0 Å². The second-order valence-corrected chi connectivity index (χ2v) is 3.31. The number of hydrogen-bond acceptors (Lipinski definition) is 3. The molecule has 1 unspecified atom stereocenters. The number of rotatable bonds is 5. The van der Waals surface area contributed by atoms with Crippen molar-refractivity contribution in [3.63, 3.8) is 0 Å². The molecule has 14 heavy (non-hydrogen) atoms. The maximum absolute atomic E-state index is 11.8. The van der Waals surface area contributed by atoms with Crippen molar-refractivity contribution < 1.29 is 4.79 Å². The van der Waals surface area contributed by atoms with Crippen LogP contribution in [0.4, 0.5) is 0 Å². The summed E-state index contributed by atoms with van der Waals surface area (Å²) in [5, 5.41) is 3.16. The third kappa shape index (κ3) is 2.92. The van der Waals surface area contributed by atoms with Gasteiger partial charge >= 0.3 is 0 Å². The fourth-order valence-corrected chi connectivity index (χ4v) is 1.25. The summed E-state index contributed by atoms with van der Waals surface area (Å²) >= 11 is 0. The zero-order chi connectivity index (χ0) is 10.4. The Morgan fingerprint density at radius 3 is 3.00 bits per heavy atom. The van der Waals surface area contributed by atoms with E-state index in [9.17, 15) is 4.79 Å². The van der Waals surface area contributed by atoms with Crippen LogP contribution in [0.15, 0.2) is 24.5 Å². The monoisotopic (exact) mass is 192 g/mol. The molecule has 1 heterocycles. The first-order valence-corrected chi connectivity index (χ1v) is 4.90. The number of nitrogens with zero attached hydrogens (tertiary/aromatic N) is 1. The SMILES string of the molecule is CCNCC(C)C(=O)c1cccnc1. The molecule has 1 aromatic heterocycles. The van der Waals surface area contributed by atoms with Gasteiger partial charge in [-0.3, -0.25) is 9.78 Å². The maximum atomic E-state index is 11.8. The molecule has 1 rings (SSSR count). The van der Waals surface area contributed by atoms with Gasteiger partial charge in [-0.2, -0.15) is 0 Å². The van der Waals surface area contributed by atoms with E-state index in [1.807, 2.05) is 13.8 Å². The Balaban J connectivity index is 2.57. The van der Waals surface area contributed by atoms with E-state index in [0.29, 0.717) is 5.56 Å². The number of nitrogens with one attached hydrogen (secondary N) is 1. The molecule has 0 aliphatic rings. The Morgan fingerprint density at radius 2 is 2.43 bits per heavy atom. The van der Waals surface area contributed by atoms with E-state index in [4.69, 9.17) is 0 Å². The van der Waals surface area contributed by atoms with Crippen LogP contribution in [0.5, 0.6) is 0 Å². The van der Waals surface area contributed by atoms with Gasteiger partial charge in [0.15, 0.2) is 5.78 Å². The summed E-state index contributed by atoms with van der Waals surface area (Å²) in [5.41, 5.74) is 0.693. The number of carbonyl (C=O) groups excluding carboxylic acids is 1. The summed E-state index contributed by atoms with van der Waals surface area (Å²) in [6.45, 7) is 5.58. The van der Waals surface area contributed by atoms with Crippen LogP contribution < -0.4 is 5.32 Å². The van der Waals surface area contributed by atoms with Gasteiger partial charge in [-0.05, 0) is 18.7 Å². The van der Waals surface area contributed by atoms with E-state index in [-0.39, 0.29) is 11.7 Å². The number of carbonyl (C=O) groups is 1. The highest BCUT2D eigenvalue weighted by Crippen LogP contribution is 2.06. The standard InChI is InChI=1S/C11H16N2O/c1-3-12-7-9(2)11(14)10-5-4-6-13-8-10/h4-6,8-9,12H,3,7H2,1-2H3. The van der Waals surface area contributed by atoms with Crippen molar-refractivity contribution in [2.24, 2.45) is 5.92 Å². The van der Waals surface area contributed by atoms with Crippen molar-refractivity contribution in [3.05, 3.63) is 30.1 Å². The predicted molar refractivity (Wildman–Crippen MR) is 56.3 cm³/mol. The highest BCUT2D eigenvalue weighted by molar-refractivity contribution is 5.97. The van der Waals surface area contributed by atoms with E-state index in [1.54, 1.807) is 24.5 Å². The summed E-state index contributed by atoms with van der Waals surface area (Å²) < 4.78 is 0. The van der Waals surface area contributed by atoms with E-state index < -0.39 is 0 Å². The minimum absolute atomic E-state index is 0.0131. The van der Waals surface area contributed by atoms with Crippen LogP contribution in [0, 0.1) is 5.92 Å². The molecule has 0 bridgehead atoms. The smallest absolute Gasteiger partial charge is 0.168 e. The molecule has 0 spiro atoms. The summed E-state index contributed by atoms with van der Waals surface area (Å²) in [6.07, 6.45) is 3.29. The Labute approximate surface area is 84.6 Å². The molecule has 0 radical (unpaired) electrons. The van der Waals surface area contributed by atoms with Crippen LogP contribution in [0.3, 0.4) is 0 Å². The average molecular weight is 192 g/mol. The lowest BCUT2D eigenvalue weighted by molar-refractivity contribution is 0.0929. The van der Waals surface area contributed by atoms with E-state index in [2.05, 4.69) is 10.3 Å². The number of aromatic nitrogens is 1. The summed E-state index contributed by atoms with van der Waals surface area (Å²) in [7, 11) is 0. The third-order valence-electron chi connectivity index (χ3n) is 2.09. The third-order valence-corrected chi connectivity index (χ3v) is 2.09. The van der Waals surface area contributed by atoms with Crippen LogP contribution >= 0.6 is 0 Å². The maximum Gasteiger partial charge on any atom is 0.168 e. The number of Topliss-reactive ketones (excluding diaryl/α,β-unsaturated/α-hetero) is 1. The zero-order valence-corrected chi connectivity index (χ0v) is 8.66. The highest BCUT2D eigenvalue weighted by Gasteiger charge is 2.13. The summed E-state index contributed by atoms with van der Waals surface area (Å²) in [6, 6.07) is 3.59. The van der Waals surface area contributed by atoms with Crippen molar-refractivity contribution in [1.29, 1.82) is 0 Å². The Hall–Kier alpha value is -1.22. The molecule has 1 atom stereocenters. The predicted octanol–water partition coefficient (Wildman–Crippen LogP) is 1.51. The molecule has 0 amide bonds. The molecular formula is C11H16N2O. The first-order chi connectivity index (χ1) is 6.75. The number of pyridine rings is 1. The fraction of sp³-hybridized carbons (Fsp3) is 0.455. The number of ketones is 1. The molecule has 0 aliphatic heterocycles. The molecule has 3 nitrogen and oxygen atoms in total. The van der Waals surface area contributed by atoms with Crippen LogP contribution in [0.1, 0.15) is 24.2 Å². The highest BCUT2D eigenvalue weighted by atomic mass is 16.1. The van der Waals surface area contributed by atoms with Gasteiger partial charge in [-0.1, -0.05) is 13.8 Å². The van der Waals surface area contributed by atoms with Gasteiger partial charge in [0.1, 0.15) is 0 Å². The van der Waals surface area contributed by atoms with Gasteiger partial charge < -0.3 is 5.32 Å². The molecule has 0 saturated heterocycles. The molecule has 1 aromatic rings. The van der Waals surface area contributed by atoms with Crippen molar-refractivity contribution in [1.82, 2.24) is 10.3 Å². The zero-order valence-electron chi connectivity index (χ0n) is 8.66. The molecule has 3 heteroatoms. The van der Waals surface area contributed by atoms with Gasteiger partial charge in [0.2, 0.25) is 0 Å². The lowest BCUT2D eigenvalue weighted by atomic mass is 10.0. The fourth-order valence-electron chi connectivity index (χ4n) is 1.25. The van der Waals surface area contributed by atoms with E-state index >= 15 is 0 Å². The molecule has 0 aromatic carbocycles. The molecule has 76 valence electrons. The normalized spacial score (nSPS) is 12.4. The molecule has 1 N–H and O–H groups in total. The first kappa shape index (κ1) is 10.9. The lowest BCUT2D eigenvalue weighted by Gasteiger charge is -2.09. The van der Waals surface area contributed by atoms with Crippen molar-refractivity contribution in [2.75, 3.05) is 13.1 Å². The molecule has 0 saturated carbocycles. The van der Waals surface area contributed by atoms with Crippen molar-refractivity contribution >= 4 is 5.78 Å².